The summed E-state index contributed by atoms with van der Waals surface area (Å²) < 4.78 is 0. The van der Waals surface area contributed by atoms with Gasteiger partial charge in [0.05, 0.1) is 0 Å². The maximum Gasteiger partial charge on any atom is 0.152 e. The third kappa shape index (κ3) is 4.41. The van der Waals surface area contributed by atoms with Gasteiger partial charge in [0.15, 0.2) is 5.78 Å². The van der Waals surface area contributed by atoms with E-state index in [1.165, 1.54) is 5.56 Å². The van der Waals surface area contributed by atoms with Gasteiger partial charge in [0.1, 0.15) is 0 Å². The lowest BCUT2D eigenvalue weighted by Gasteiger charge is -1.96. The lowest BCUT2D eigenvalue weighted by molar-refractivity contribution is -0.112. The molecule has 0 N–H and O–H groups in total. The fraction of sp³-hybridized carbons (Fsp3) is 0.214. The number of allylic oxidation sites excluding steroid dienone is 3. The van der Waals surface area contributed by atoms with E-state index in [9.17, 15) is 4.79 Å². The number of benzene rings is 1. The van der Waals surface area contributed by atoms with Gasteiger partial charge in [-0.25, -0.2) is 0 Å². The summed E-state index contributed by atoms with van der Waals surface area (Å²) >= 11 is 0. The Morgan fingerprint density at radius 3 is 2.20 bits per heavy atom. The van der Waals surface area contributed by atoms with Crippen LogP contribution in [0.5, 0.6) is 0 Å². The molecule has 0 bridgehead atoms. The summed E-state index contributed by atoms with van der Waals surface area (Å²) in [5.74, 6) is 0.0756. The molecule has 0 aliphatic heterocycles. The van der Waals surface area contributed by atoms with E-state index in [1.54, 1.807) is 13.0 Å². The molecule has 0 saturated carbocycles. The van der Waals surface area contributed by atoms with Gasteiger partial charge < -0.3 is 0 Å². The highest BCUT2D eigenvalue weighted by molar-refractivity contribution is 5.87. The normalized spacial score (nSPS) is 12.1. The molecule has 1 nitrogen and oxygen atoms in total. The van der Waals surface area contributed by atoms with Crippen LogP contribution in [0.2, 0.25) is 0 Å². The van der Waals surface area contributed by atoms with Crippen molar-refractivity contribution in [3.05, 3.63) is 53.1 Å². The average Bonchev–Trinajstić information content (AvgIpc) is 2.19. The smallest absolute Gasteiger partial charge is 0.152 e. The highest BCUT2D eigenvalue weighted by atomic mass is 16.1. The second kappa shape index (κ2) is 5.30. The maximum absolute atomic E-state index is 10.7. The van der Waals surface area contributed by atoms with Crippen molar-refractivity contribution in [2.24, 2.45) is 0 Å². The highest BCUT2D eigenvalue weighted by Crippen LogP contribution is 2.08. The molecule has 1 rings (SSSR count). The highest BCUT2D eigenvalue weighted by Gasteiger charge is 1.89. The fourth-order valence-electron chi connectivity index (χ4n) is 1.22. The van der Waals surface area contributed by atoms with Gasteiger partial charge in [-0.15, -0.1) is 0 Å². The number of ketones is 1. The Morgan fingerprint density at radius 2 is 1.67 bits per heavy atom. The minimum Gasteiger partial charge on any atom is -0.295 e. The van der Waals surface area contributed by atoms with Gasteiger partial charge in [-0.2, -0.15) is 0 Å². The van der Waals surface area contributed by atoms with E-state index in [-0.39, 0.29) is 5.78 Å². The molecular weight excluding hydrogens is 184 g/mol. The molecule has 78 valence electrons. The first-order valence-electron chi connectivity index (χ1n) is 5.01. The summed E-state index contributed by atoms with van der Waals surface area (Å²) in [5.41, 5.74) is 3.49. The van der Waals surface area contributed by atoms with Crippen LogP contribution in [-0.4, -0.2) is 5.78 Å². The van der Waals surface area contributed by atoms with Crippen LogP contribution < -0.4 is 0 Å². The number of hydrogen-bond donors (Lipinski definition) is 0. The van der Waals surface area contributed by atoms with Gasteiger partial charge in [-0.05, 0) is 32.4 Å². The molecule has 0 atom stereocenters. The van der Waals surface area contributed by atoms with Crippen LogP contribution in [-0.2, 0) is 4.79 Å². The molecule has 0 spiro atoms. The Bertz CT molecular complexity index is 394. The molecule has 1 heteroatoms. The number of aryl methyl sites for hydroxylation is 1. The van der Waals surface area contributed by atoms with Crippen LogP contribution in [0.3, 0.4) is 0 Å². The minimum absolute atomic E-state index is 0.0756. The second-order valence-corrected chi connectivity index (χ2v) is 3.74. The predicted molar refractivity (Wildman–Crippen MR) is 64.7 cm³/mol. The van der Waals surface area contributed by atoms with Crippen molar-refractivity contribution in [3.63, 3.8) is 0 Å². The van der Waals surface area contributed by atoms with Crippen molar-refractivity contribution in [2.45, 2.75) is 20.8 Å². The Balaban J connectivity index is 2.78. The number of rotatable bonds is 3. The monoisotopic (exact) mass is 200 g/mol. The quantitative estimate of drug-likeness (QED) is 0.538. The lowest BCUT2D eigenvalue weighted by atomic mass is 10.1. The zero-order chi connectivity index (χ0) is 11.3. The zero-order valence-corrected chi connectivity index (χ0v) is 9.45. The first-order valence-corrected chi connectivity index (χ1v) is 5.01. The van der Waals surface area contributed by atoms with Crippen LogP contribution in [0.15, 0.2) is 42.0 Å². The van der Waals surface area contributed by atoms with Crippen molar-refractivity contribution in [3.8, 4) is 0 Å². The van der Waals surface area contributed by atoms with E-state index in [0.717, 1.165) is 11.1 Å². The van der Waals surface area contributed by atoms with E-state index in [1.807, 2.05) is 13.0 Å². The average molecular weight is 200 g/mol. The van der Waals surface area contributed by atoms with Crippen LogP contribution in [0.1, 0.15) is 25.0 Å². The first kappa shape index (κ1) is 11.4. The Hall–Kier alpha value is -1.63. The van der Waals surface area contributed by atoms with E-state index < -0.39 is 0 Å². The molecule has 0 radical (unpaired) electrons. The van der Waals surface area contributed by atoms with Crippen molar-refractivity contribution in [1.29, 1.82) is 0 Å². The molecular formula is C14H16O. The van der Waals surface area contributed by atoms with E-state index in [4.69, 9.17) is 0 Å². The molecule has 0 unspecified atom stereocenters. The zero-order valence-electron chi connectivity index (χ0n) is 9.45. The molecule has 0 aliphatic rings. The number of carbonyl (C=O) groups excluding carboxylic acids is 1. The van der Waals surface area contributed by atoms with Crippen LogP contribution in [0.4, 0.5) is 0 Å². The van der Waals surface area contributed by atoms with Crippen molar-refractivity contribution in [1.82, 2.24) is 0 Å². The summed E-state index contributed by atoms with van der Waals surface area (Å²) in [5, 5.41) is 0. The number of hydrogen-bond acceptors (Lipinski definition) is 1. The topological polar surface area (TPSA) is 17.1 Å². The van der Waals surface area contributed by atoms with Gasteiger partial charge in [0.25, 0.3) is 0 Å². The minimum atomic E-state index is 0.0756. The van der Waals surface area contributed by atoms with Gasteiger partial charge >= 0.3 is 0 Å². The van der Waals surface area contributed by atoms with Gasteiger partial charge in [-0.3, -0.25) is 4.79 Å². The summed E-state index contributed by atoms with van der Waals surface area (Å²) in [4.78, 5) is 10.7. The molecule has 1 aromatic carbocycles. The fourth-order valence-corrected chi connectivity index (χ4v) is 1.22. The summed E-state index contributed by atoms with van der Waals surface area (Å²) in [6, 6.07) is 8.29. The SMILES string of the molecule is CC(=O)C=CC(C)=Cc1ccc(C)cc1. The first-order chi connectivity index (χ1) is 7.08. The lowest BCUT2D eigenvalue weighted by Crippen LogP contribution is -1.80. The third-order valence-corrected chi connectivity index (χ3v) is 2.05. The van der Waals surface area contributed by atoms with E-state index >= 15 is 0 Å². The molecule has 0 aromatic heterocycles. The molecule has 1 aromatic rings. The Kier molecular flexibility index (Phi) is 4.04. The second-order valence-electron chi connectivity index (χ2n) is 3.74. The largest absolute Gasteiger partial charge is 0.295 e. The Morgan fingerprint density at radius 1 is 1.07 bits per heavy atom. The van der Waals surface area contributed by atoms with Crippen molar-refractivity contribution >= 4 is 11.9 Å². The molecule has 0 amide bonds. The van der Waals surface area contributed by atoms with Crippen molar-refractivity contribution < 1.29 is 4.79 Å². The van der Waals surface area contributed by atoms with Gasteiger partial charge in [0.2, 0.25) is 0 Å². The van der Waals surface area contributed by atoms with E-state index in [2.05, 4.69) is 37.3 Å². The predicted octanol–water partition coefficient (Wildman–Crippen LogP) is 3.54. The number of carbonyl (C=O) groups is 1. The molecule has 0 aliphatic carbocycles. The summed E-state index contributed by atoms with van der Waals surface area (Å²) in [6.45, 7) is 5.60. The van der Waals surface area contributed by atoms with Crippen LogP contribution in [0, 0.1) is 6.92 Å². The third-order valence-electron chi connectivity index (χ3n) is 2.05. The Labute approximate surface area is 91.1 Å². The van der Waals surface area contributed by atoms with Crippen LogP contribution in [0.25, 0.3) is 6.08 Å². The summed E-state index contributed by atoms with van der Waals surface area (Å²) in [7, 11) is 0. The van der Waals surface area contributed by atoms with Gasteiger partial charge in [-0.1, -0.05) is 47.6 Å². The summed E-state index contributed by atoms with van der Waals surface area (Å²) in [6.07, 6.45) is 5.47. The molecule has 15 heavy (non-hydrogen) atoms. The molecule has 0 fully saturated rings. The maximum atomic E-state index is 10.7. The van der Waals surface area contributed by atoms with Gasteiger partial charge in [0, 0.05) is 0 Å². The van der Waals surface area contributed by atoms with Crippen LogP contribution >= 0.6 is 0 Å². The molecule has 0 heterocycles. The van der Waals surface area contributed by atoms with Crippen molar-refractivity contribution in [2.75, 3.05) is 0 Å². The van der Waals surface area contributed by atoms with E-state index in [0.29, 0.717) is 0 Å². The standard InChI is InChI=1S/C14H16O/c1-11-5-8-14(9-6-11)10-12(2)4-7-13(3)15/h4-10H,1-3H3. The molecule has 0 saturated heterocycles.